The molecule has 0 bridgehead atoms. The largest absolute Gasteiger partial charge is 0.493 e. The first-order chi connectivity index (χ1) is 17.9. The van der Waals surface area contributed by atoms with Crippen LogP contribution in [0.5, 0.6) is 11.5 Å². The van der Waals surface area contributed by atoms with E-state index in [1.54, 1.807) is 50.6 Å². The van der Waals surface area contributed by atoms with Gasteiger partial charge in [-0.15, -0.1) is 0 Å². The molecular formula is C27H25ClFN3O4S. The average molecular weight is 542 g/mol. The lowest BCUT2D eigenvalue weighted by molar-refractivity contribution is -0.121. The van der Waals surface area contributed by atoms with E-state index in [1.807, 2.05) is 18.2 Å². The summed E-state index contributed by atoms with van der Waals surface area (Å²) in [5.41, 5.74) is 2.08. The number of aliphatic imine (C=N–C) groups is 1. The number of imide groups is 1. The highest BCUT2D eigenvalue weighted by molar-refractivity contribution is 8.15. The molecule has 37 heavy (non-hydrogen) atoms. The van der Waals surface area contributed by atoms with Gasteiger partial charge in [0.15, 0.2) is 16.7 Å². The van der Waals surface area contributed by atoms with Gasteiger partial charge in [-0.2, -0.15) is 0 Å². The Bertz CT molecular complexity index is 1300. The molecule has 3 aromatic rings. The van der Waals surface area contributed by atoms with Gasteiger partial charge in [0.1, 0.15) is 11.1 Å². The van der Waals surface area contributed by atoms with Crippen LogP contribution >= 0.6 is 23.4 Å². The highest BCUT2D eigenvalue weighted by atomic mass is 35.5. The SMILES string of the molecule is COc1ccc(CCN=C(Nc2ccc(F)cc2)SC2CC(=O)N(c3ccc(Cl)cc3)C2=O)cc1OC. The zero-order chi connectivity index (χ0) is 26.4. The van der Waals surface area contributed by atoms with Crippen LogP contribution in [0.1, 0.15) is 12.0 Å². The Morgan fingerprint density at radius 1 is 1.05 bits per heavy atom. The van der Waals surface area contributed by atoms with Gasteiger partial charge in [0.05, 0.1) is 19.9 Å². The molecule has 1 unspecified atom stereocenters. The maximum absolute atomic E-state index is 13.4. The van der Waals surface area contributed by atoms with E-state index in [0.29, 0.717) is 46.0 Å². The quantitative estimate of drug-likeness (QED) is 0.228. The number of ether oxygens (including phenoxy) is 2. The first-order valence-corrected chi connectivity index (χ1v) is 12.7. The number of amides is 2. The molecule has 1 aliphatic heterocycles. The molecule has 192 valence electrons. The van der Waals surface area contributed by atoms with Crippen molar-refractivity contribution in [3.8, 4) is 11.5 Å². The van der Waals surface area contributed by atoms with Gasteiger partial charge in [-0.3, -0.25) is 14.6 Å². The molecule has 1 aliphatic rings. The van der Waals surface area contributed by atoms with Crippen LogP contribution in [-0.2, 0) is 16.0 Å². The number of hydrogen-bond acceptors (Lipinski definition) is 6. The summed E-state index contributed by atoms with van der Waals surface area (Å²) in [5.74, 6) is 0.279. The van der Waals surface area contributed by atoms with Crippen LogP contribution in [-0.4, -0.2) is 43.0 Å². The summed E-state index contributed by atoms with van der Waals surface area (Å²) < 4.78 is 24.1. The van der Waals surface area contributed by atoms with Gasteiger partial charge in [-0.1, -0.05) is 29.4 Å². The van der Waals surface area contributed by atoms with Crippen molar-refractivity contribution in [1.29, 1.82) is 0 Å². The summed E-state index contributed by atoms with van der Waals surface area (Å²) in [4.78, 5) is 31.7. The second kappa shape index (κ2) is 12.1. The third kappa shape index (κ3) is 6.61. The lowest BCUT2D eigenvalue weighted by Gasteiger charge is -2.16. The van der Waals surface area contributed by atoms with Gasteiger partial charge in [0.25, 0.3) is 0 Å². The van der Waals surface area contributed by atoms with Crippen molar-refractivity contribution in [2.45, 2.75) is 18.1 Å². The van der Waals surface area contributed by atoms with E-state index >= 15 is 0 Å². The number of amidine groups is 1. The van der Waals surface area contributed by atoms with E-state index in [1.165, 1.54) is 28.8 Å². The standard InChI is InChI=1S/C27H25ClFN3O4S/c1-35-22-12-3-17(15-23(22)36-2)13-14-30-27(31-20-8-6-19(29)7-9-20)37-24-16-25(33)32(26(24)34)21-10-4-18(28)5-11-21/h3-12,15,24H,13-14,16H2,1-2H3,(H,30,31). The third-order valence-corrected chi connectivity index (χ3v) is 7.00. The van der Waals surface area contributed by atoms with Gasteiger partial charge in [-0.05, 0) is 72.6 Å². The maximum Gasteiger partial charge on any atom is 0.247 e. The number of carbonyl (C=O) groups excluding carboxylic acids is 2. The van der Waals surface area contributed by atoms with Gasteiger partial charge in [0.2, 0.25) is 11.8 Å². The number of thioether (sulfide) groups is 1. The van der Waals surface area contributed by atoms with E-state index in [4.69, 9.17) is 21.1 Å². The lowest BCUT2D eigenvalue weighted by atomic mass is 10.1. The van der Waals surface area contributed by atoms with Gasteiger partial charge >= 0.3 is 0 Å². The Morgan fingerprint density at radius 2 is 1.76 bits per heavy atom. The molecule has 0 spiro atoms. The molecule has 0 saturated carbocycles. The molecule has 0 aromatic heterocycles. The lowest BCUT2D eigenvalue weighted by Crippen LogP contribution is -2.31. The van der Waals surface area contributed by atoms with E-state index in [2.05, 4.69) is 10.3 Å². The van der Waals surface area contributed by atoms with Crippen LogP contribution in [0.2, 0.25) is 5.02 Å². The van der Waals surface area contributed by atoms with Crippen molar-refractivity contribution in [3.63, 3.8) is 0 Å². The van der Waals surface area contributed by atoms with Crippen LogP contribution in [0.3, 0.4) is 0 Å². The molecule has 2 amide bonds. The first-order valence-electron chi connectivity index (χ1n) is 11.4. The van der Waals surface area contributed by atoms with Crippen LogP contribution in [0.15, 0.2) is 71.7 Å². The van der Waals surface area contributed by atoms with Crippen molar-refractivity contribution in [1.82, 2.24) is 0 Å². The molecular weight excluding hydrogens is 517 g/mol. The Hall–Kier alpha value is -3.56. The molecule has 7 nitrogen and oxygen atoms in total. The fraction of sp³-hybridized carbons (Fsp3) is 0.222. The number of rotatable bonds is 8. The van der Waals surface area contributed by atoms with Gasteiger partial charge < -0.3 is 14.8 Å². The summed E-state index contributed by atoms with van der Waals surface area (Å²) in [7, 11) is 3.16. The molecule has 0 aliphatic carbocycles. The summed E-state index contributed by atoms with van der Waals surface area (Å²) in [6, 6.07) is 18.0. The van der Waals surface area contributed by atoms with Crippen molar-refractivity contribution in [2.75, 3.05) is 31.0 Å². The first kappa shape index (κ1) is 26.5. The van der Waals surface area contributed by atoms with Crippen molar-refractivity contribution in [3.05, 3.63) is 83.1 Å². The monoisotopic (exact) mass is 541 g/mol. The van der Waals surface area contributed by atoms with Gasteiger partial charge in [-0.25, -0.2) is 9.29 Å². The second-order valence-corrected chi connectivity index (χ2v) is 9.74. The van der Waals surface area contributed by atoms with E-state index in [-0.39, 0.29) is 24.1 Å². The number of benzene rings is 3. The number of hydrogen-bond donors (Lipinski definition) is 1. The molecule has 10 heteroatoms. The highest BCUT2D eigenvalue weighted by Gasteiger charge is 2.40. The highest BCUT2D eigenvalue weighted by Crippen LogP contribution is 2.32. The van der Waals surface area contributed by atoms with Crippen LogP contribution in [0, 0.1) is 5.82 Å². The Morgan fingerprint density at radius 3 is 2.43 bits per heavy atom. The number of anilines is 2. The predicted molar refractivity (Wildman–Crippen MR) is 146 cm³/mol. The number of methoxy groups -OCH3 is 2. The van der Waals surface area contributed by atoms with E-state index in [0.717, 1.165) is 5.56 Å². The van der Waals surface area contributed by atoms with E-state index < -0.39 is 5.25 Å². The van der Waals surface area contributed by atoms with Crippen LogP contribution < -0.4 is 19.7 Å². The minimum absolute atomic E-state index is 0.0337. The number of nitrogens with one attached hydrogen (secondary N) is 1. The predicted octanol–water partition coefficient (Wildman–Crippen LogP) is 5.57. The van der Waals surface area contributed by atoms with Crippen LogP contribution in [0.4, 0.5) is 15.8 Å². The average Bonchev–Trinajstić information content (AvgIpc) is 3.18. The summed E-state index contributed by atoms with van der Waals surface area (Å²) >= 11 is 7.12. The normalized spacial score (nSPS) is 15.7. The fourth-order valence-electron chi connectivity index (χ4n) is 3.78. The molecule has 1 saturated heterocycles. The minimum atomic E-state index is -0.657. The number of halogens is 2. The molecule has 4 rings (SSSR count). The molecule has 3 aromatic carbocycles. The second-order valence-electron chi connectivity index (χ2n) is 8.11. The molecule has 0 radical (unpaired) electrons. The summed E-state index contributed by atoms with van der Waals surface area (Å²) in [5, 5.41) is 3.47. The zero-order valence-corrected chi connectivity index (χ0v) is 21.8. The molecule has 1 atom stereocenters. The number of carbonyl (C=O) groups is 2. The Balaban J connectivity index is 1.51. The van der Waals surface area contributed by atoms with E-state index in [9.17, 15) is 14.0 Å². The topological polar surface area (TPSA) is 80.2 Å². The fourth-order valence-corrected chi connectivity index (χ4v) is 4.95. The summed E-state index contributed by atoms with van der Waals surface area (Å²) in [6.07, 6.45) is 0.635. The summed E-state index contributed by atoms with van der Waals surface area (Å²) in [6.45, 7) is 0.405. The molecule has 1 heterocycles. The maximum atomic E-state index is 13.4. The molecule has 1 N–H and O–H groups in total. The van der Waals surface area contributed by atoms with Crippen molar-refractivity contribution < 1.29 is 23.5 Å². The minimum Gasteiger partial charge on any atom is -0.493 e. The number of nitrogens with zero attached hydrogens (tertiary/aromatic N) is 2. The Labute approximate surface area is 223 Å². The Kier molecular flexibility index (Phi) is 8.68. The molecule has 1 fully saturated rings. The third-order valence-electron chi connectivity index (χ3n) is 5.64. The van der Waals surface area contributed by atoms with Crippen LogP contribution in [0.25, 0.3) is 0 Å². The van der Waals surface area contributed by atoms with Gasteiger partial charge in [0, 0.05) is 23.7 Å². The zero-order valence-electron chi connectivity index (χ0n) is 20.2. The smallest absolute Gasteiger partial charge is 0.247 e. The van der Waals surface area contributed by atoms with Crippen molar-refractivity contribution >= 4 is 51.7 Å². The van der Waals surface area contributed by atoms with Crippen molar-refractivity contribution in [2.24, 2.45) is 4.99 Å².